The van der Waals surface area contributed by atoms with Crippen molar-refractivity contribution >= 4 is 18.0 Å². The molecule has 178 valence electrons. The first kappa shape index (κ1) is 24.6. The Bertz CT molecular complexity index is 1150. The normalized spacial score (nSPS) is 13.2. The molecule has 0 atom stereocenters. The van der Waals surface area contributed by atoms with Crippen LogP contribution in [0.3, 0.4) is 0 Å². The van der Waals surface area contributed by atoms with Gasteiger partial charge in [0.15, 0.2) is 0 Å². The number of rotatable bonds is 5. The van der Waals surface area contributed by atoms with Gasteiger partial charge in [-0.1, -0.05) is 30.3 Å². The smallest absolute Gasteiger partial charge is 0.490 e. The molecule has 0 spiro atoms. The van der Waals surface area contributed by atoms with Crippen LogP contribution in [-0.4, -0.2) is 45.9 Å². The fourth-order valence-corrected chi connectivity index (χ4v) is 3.49. The zero-order valence-electron chi connectivity index (χ0n) is 18.1. The topological polar surface area (TPSA) is 93.5 Å². The number of aliphatic carboxylic acids is 1. The minimum atomic E-state index is -5.08. The second-order valence-corrected chi connectivity index (χ2v) is 7.42. The number of aromatic nitrogens is 2. The minimum absolute atomic E-state index is 0.0783. The number of carbonyl (C=O) groups excluding carboxylic acids is 1. The predicted octanol–water partition coefficient (Wildman–Crippen LogP) is 3.81. The first-order chi connectivity index (χ1) is 16.2. The van der Waals surface area contributed by atoms with Gasteiger partial charge < -0.3 is 19.7 Å². The van der Waals surface area contributed by atoms with Crippen molar-refractivity contribution < 1.29 is 32.6 Å². The number of amides is 1. The van der Waals surface area contributed by atoms with Gasteiger partial charge in [-0.3, -0.25) is 4.79 Å². The van der Waals surface area contributed by atoms with Crippen LogP contribution < -0.4 is 10.1 Å². The highest BCUT2D eigenvalue weighted by molar-refractivity contribution is 5.92. The standard InChI is InChI=1S/C22H21N3O2.C2HF3O2/c1-27-21-12-16(6-8-20(21)25-11-10-23-15-25)7-9-22(26)24-19-13-17-4-2-3-5-18(17)14-19;3-2(4,5)1(6)7/h2-12,15,19H,13-14H2,1H3,(H,24,26);(H,6,7)/b9-7+;. The maximum Gasteiger partial charge on any atom is 0.490 e. The molecule has 0 fully saturated rings. The Balaban J connectivity index is 0.000000406. The van der Waals surface area contributed by atoms with Gasteiger partial charge in [0, 0.05) is 24.5 Å². The minimum Gasteiger partial charge on any atom is -0.495 e. The number of hydrogen-bond donors (Lipinski definition) is 2. The Hall–Kier alpha value is -4.08. The molecule has 1 heterocycles. The number of ether oxygens (including phenoxy) is 1. The van der Waals surface area contributed by atoms with Gasteiger partial charge >= 0.3 is 12.1 Å². The maximum absolute atomic E-state index is 12.3. The van der Waals surface area contributed by atoms with Crippen molar-refractivity contribution in [3.63, 3.8) is 0 Å². The van der Waals surface area contributed by atoms with E-state index < -0.39 is 12.1 Å². The van der Waals surface area contributed by atoms with E-state index in [0.717, 1.165) is 29.8 Å². The van der Waals surface area contributed by atoms with E-state index in [9.17, 15) is 18.0 Å². The van der Waals surface area contributed by atoms with Crippen molar-refractivity contribution in [3.8, 4) is 11.4 Å². The Morgan fingerprint density at radius 2 is 1.82 bits per heavy atom. The number of nitrogens with zero attached hydrogens (tertiary/aromatic N) is 2. The first-order valence-electron chi connectivity index (χ1n) is 10.2. The number of fused-ring (bicyclic) bond motifs is 1. The van der Waals surface area contributed by atoms with E-state index in [0.29, 0.717) is 0 Å². The Morgan fingerprint density at radius 3 is 2.35 bits per heavy atom. The summed E-state index contributed by atoms with van der Waals surface area (Å²) in [6.45, 7) is 0. The Morgan fingerprint density at radius 1 is 1.18 bits per heavy atom. The van der Waals surface area contributed by atoms with Gasteiger partial charge in [0.1, 0.15) is 5.75 Å². The number of carboxylic acids is 1. The van der Waals surface area contributed by atoms with E-state index in [1.165, 1.54) is 11.1 Å². The van der Waals surface area contributed by atoms with Crippen LogP contribution in [0.1, 0.15) is 16.7 Å². The molecule has 0 radical (unpaired) electrons. The van der Waals surface area contributed by atoms with E-state index in [1.807, 2.05) is 41.1 Å². The molecule has 0 saturated heterocycles. The van der Waals surface area contributed by atoms with Crippen LogP contribution >= 0.6 is 0 Å². The third-order valence-electron chi connectivity index (χ3n) is 5.05. The lowest BCUT2D eigenvalue weighted by Crippen LogP contribution is -2.34. The second-order valence-electron chi connectivity index (χ2n) is 7.42. The molecule has 2 N–H and O–H groups in total. The summed E-state index contributed by atoms with van der Waals surface area (Å²) < 4.78 is 39.1. The number of hydrogen-bond acceptors (Lipinski definition) is 4. The molecule has 0 unspecified atom stereocenters. The van der Waals surface area contributed by atoms with Crippen LogP contribution in [-0.2, 0) is 22.4 Å². The number of carbonyl (C=O) groups is 2. The zero-order chi connectivity index (χ0) is 24.7. The molecule has 1 aliphatic carbocycles. The largest absolute Gasteiger partial charge is 0.495 e. The van der Waals surface area contributed by atoms with Crippen molar-refractivity contribution in [1.82, 2.24) is 14.9 Å². The van der Waals surface area contributed by atoms with Crippen LogP contribution in [0.2, 0.25) is 0 Å². The lowest BCUT2D eigenvalue weighted by Gasteiger charge is -2.11. The van der Waals surface area contributed by atoms with Crippen molar-refractivity contribution in [2.45, 2.75) is 25.1 Å². The summed E-state index contributed by atoms with van der Waals surface area (Å²) in [5, 5.41) is 10.2. The second kappa shape index (κ2) is 10.7. The molecule has 1 aliphatic rings. The van der Waals surface area contributed by atoms with E-state index >= 15 is 0 Å². The van der Waals surface area contributed by atoms with Gasteiger partial charge in [-0.2, -0.15) is 13.2 Å². The first-order valence-corrected chi connectivity index (χ1v) is 10.2. The summed E-state index contributed by atoms with van der Waals surface area (Å²) >= 11 is 0. The molecule has 10 heteroatoms. The number of methoxy groups -OCH3 is 1. The van der Waals surface area contributed by atoms with E-state index in [4.69, 9.17) is 14.6 Å². The molecule has 34 heavy (non-hydrogen) atoms. The molecule has 0 aliphatic heterocycles. The molecule has 3 aromatic rings. The highest BCUT2D eigenvalue weighted by Crippen LogP contribution is 2.25. The van der Waals surface area contributed by atoms with Crippen molar-refractivity contribution in [1.29, 1.82) is 0 Å². The third-order valence-corrected chi connectivity index (χ3v) is 5.05. The number of alkyl halides is 3. The Kier molecular flexibility index (Phi) is 7.72. The maximum atomic E-state index is 12.3. The monoisotopic (exact) mass is 473 g/mol. The average molecular weight is 473 g/mol. The molecule has 2 aromatic carbocycles. The summed E-state index contributed by atoms with van der Waals surface area (Å²) in [6, 6.07) is 14.3. The molecular weight excluding hydrogens is 451 g/mol. The van der Waals surface area contributed by atoms with Crippen LogP contribution in [0.4, 0.5) is 13.2 Å². The summed E-state index contributed by atoms with van der Waals surface area (Å²) in [5.74, 6) is -2.11. The van der Waals surface area contributed by atoms with Crippen molar-refractivity contribution in [3.05, 3.63) is 84.0 Å². The summed E-state index contributed by atoms with van der Waals surface area (Å²) in [5.41, 5.74) is 4.46. The number of nitrogens with one attached hydrogen (secondary N) is 1. The van der Waals surface area contributed by atoms with Crippen LogP contribution in [0.5, 0.6) is 5.75 Å². The van der Waals surface area contributed by atoms with Crippen molar-refractivity contribution in [2.24, 2.45) is 0 Å². The van der Waals surface area contributed by atoms with Crippen LogP contribution in [0, 0.1) is 0 Å². The van der Waals surface area contributed by atoms with E-state index in [2.05, 4.69) is 22.4 Å². The van der Waals surface area contributed by atoms with Gasteiger partial charge in [-0.15, -0.1) is 0 Å². The van der Waals surface area contributed by atoms with Gasteiger partial charge in [-0.25, -0.2) is 9.78 Å². The van der Waals surface area contributed by atoms with E-state index in [1.54, 1.807) is 31.8 Å². The van der Waals surface area contributed by atoms with Gasteiger partial charge in [0.05, 0.1) is 19.1 Å². The van der Waals surface area contributed by atoms with Gasteiger partial charge in [0.2, 0.25) is 5.91 Å². The third kappa shape index (κ3) is 6.47. The molecule has 0 bridgehead atoms. The lowest BCUT2D eigenvalue weighted by atomic mass is 10.1. The average Bonchev–Trinajstić information content (AvgIpc) is 3.47. The van der Waals surface area contributed by atoms with Gasteiger partial charge in [-0.05, 0) is 47.7 Å². The molecule has 0 saturated carbocycles. The predicted molar refractivity (Wildman–Crippen MR) is 119 cm³/mol. The van der Waals surface area contributed by atoms with Crippen molar-refractivity contribution in [2.75, 3.05) is 7.11 Å². The fraction of sp³-hybridized carbons (Fsp3) is 0.208. The summed E-state index contributed by atoms with van der Waals surface area (Å²) in [4.78, 5) is 25.2. The Labute approximate surface area is 193 Å². The summed E-state index contributed by atoms with van der Waals surface area (Å²) in [7, 11) is 1.63. The van der Waals surface area contributed by atoms with Crippen LogP contribution in [0.15, 0.2) is 67.3 Å². The molecule has 4 rings (SSSR count). The number of halogens is 3. The number of benzene rings is 2. The lowest BCUT2D eigenvalue weighted by molar-refractivity contribution is -0.192. The number of imidazole rings is 1. The highest BCUT2D eigenvalue weighted by Gasteiger charge is 2.38. The molecule has 7 nitrogen and oxygen atoms in total. The van der Waals surface area contributed by atoms with Gasteiger partial charge in [0.25, 0.3) is 0 Å². The summed E-state index contributed by atoms with van der Waals surface area (Å²) in [6.07, 6.45) is 5.39. The highest BCUT2D eigenvalue weighted by atomic mass is 19.4. The van der Waals surface area contributed by atoms with Crippen LogP contribution in [0.25, 0.3) is 11.8 Å². The fourth-order valence-electron chi connectivity index (χ4n) is 3.49. The molecular formula is C24H22F3N3O4. The quantitative estimate of drug-likeness (QED) is 0.550. The zero-order valence-corrected chi connectivity index (χ0v) is 18.1. The molecule has 1 aromatic heterocycles. The SMILES string of the molecule is COc1cc(/C=C/C(=O)NC2Cc3ccccc3C2)ccc1-n1ccnc1.O=C(O)C(F)(F)F. The molecule has 1 amide bonds. The number of carboxylic acid groups (broad SMARTS) is 1. The van der Waals surface area contributed by atoms with E-state index in [-0.39, 0.29) is 11.9 Å².